The molecule has 0 atom stereocenters. The number of rotatable bonds is 2. The SMILES string of the molecule is CC1=C[CH]c2cccc(-c3ccc([Si](C)(C)C)cc3)c21. The first-order chi connectivity index (χ1) is 9.47. The average molecular weight is 277 g/mol. The van der Waals surface area contributed by atoms with Crippen LogP contribution >= 0.6 is 0 Å². The van der Waals surface area contributed by atoms with Crippen molar-refractivity contribution >= 4 is 18.8 Å². The van der Waals surface area contributed by atoms with Crippen LogP contribution < -0.4 is 5.19 Å². The number of hydrogen-bond acceptors (Lipinski definition) is 0. The van der Waals surface area contributed by atoms with Crippen LogP contribution in [0.15, 0.2) is 48.5 Å². The lowest BCUT2D eigenvalue weighted by Gasteiger charge is -2.17. The third-order valence-electron chi connectivity index (χ3n) is 4.07. The minimum Gasteiger partial charge on any atom is -0.0725 e. The van der Waals surface area contributed by atoms with Gasteiger partial charge in [0.05, 0.1) is 8.07 Å². The van der Waals surface area contributed by atoms with Crippen molar-refractivity contribution < 1.29 is 0 Å². The minimum atomic E-state index is -1.21. The average Bonchev–Trinajstić information content (AvgIpc) is 2.80. The van der Waals surface area contributed by atoms with Crippen molar-refractivity contribution in [3.8, 4) is 11.1 Å². The standard InChI is InChI=1S/C19H21Si/c1-14-8-9-16-6-5-7-18(19(14)16)15-10-12-17(13-11-15)20(2,3)4/h5-13H,1-4H3. The summed E-state index contributed by atoms with van der Waals surface area (Å²) in [6, 6.07) is 15.8. The van der Waals surface area contributed by atoms with Crippen LogP contribution in [0.3, 0.4) is 0 Å². The lowest BCUT2D eigenvalue weighted by molar-refractivity contribution is 1.51. The number of benzene rings is 2. The van der Waals surface area contributed by atoms with E-state index in [9.17, 15) is 0 Å². The maximum Gasteiger partial charge on any atom is 0.0775 e. The first-order valence-corrected chi connectivity index (χ1v) is 10.7. The molecule has 1 radical (unpaired) electrons. The largest absolute Gasteiger partial charge is 0.0775 e. The number of hydrogen-bond donors (Lipinski definition) is 0. The second kappa shape index (κ2) is 4.74. The highest BCUT2D eigenvalue weighted by atomic mass is 28.3. The van der Waals surface area contributed by atoms with E-state index in [2.05, 4.69) is 81.5 Å². The molecule has 0 saturated carbocycles. The fourth-order valence-corrected chi connectivity index (χ4v) is 4.00. The fourth-order valence-electron chi connectivity index (χ4n) is 2.84. The van der Waals surface area contributed by atoms with Gasteiger partial charge in [0.1, 0.15) is 0 Å². The molecule has 2 aromatic carbocycles. The van der Waals surface area contributed by atoms with Crippen molar-refractivity contribution in [2.45, 2.75) is 26.6 Å². The van der Waals surface area contributed by atoms with Gasteiger partial charge in [0.2, 0.25) is 0 Å². The second-order valence-corrected chi connectivity index (χ2v) is 11.7. The number of fused-ring (bicyclic) bond motifs is 1. The lowest BCUT2D eigenvalue weighted by atomic mass is 9.94. The Morgan fingerprint density at radius 1 is 0.850 bits per heavy atom. The zero-order valence-electron chi connectivity index (χ0n) is 12.7. The highest BCUT2D eigenvalue weighted by Gasteiger charge is 2.18. The quantitative estimate of drug-likeness (QED) is 0.687. The molecular weight excluding hydrogens is 256 g/mol. The fraction of sp³-hybridized carbons (Fsp3) is 0.211. The molecule has 0 aromatic heterocycles. The topological polar surface area (TPSA) is 0 Å². The second-order valence-electron chi connectivity index (χ2n) is 6.61. The van der Waals surface area contributed by atoms with E-state index >= 15 is 0 Å². The predicted molar refractivity (Wildman–Crippen MR) is 91.9 cm³/mol. The first kappa shape index (κ1) is 13.4. The van der Waals surface area contributed by atoms with Gasteiger partial charge in [-0.3, -0.25) is 0 Å². The van der Waals surface area contributed by atoms with Gasteiger partial charge in [-0.1, -0.05) is 73.4 Å². The third-order valence-corrected chi connectivity index (χ3v) is 6.13. The van der Waals surface area contributed by atoms with Crippen LogP contribution in [0.4, 0.5) is 0 Å². The maximum atomic E-state index is 2.39. The van der Waals surface area contributed by atoms with E-state index in [1.807, 2.05) is 0 Å². The van der Waals surface area contributed by atoms with Crippen LogP contribution in [0.5, 0.6) is 0 Å². The van der Waals surface area contributed by atoms with Gasteiger partial charge < -0.3 is 0 Å². The van der Waals surface area contributed by atoms with Gasteiger partial charge in [-0.25, -0.2) is 0 Å². The first-order valence-electron chi connectivity index (χ1n) is 7.23. The molecule has 0 fully saturated rings. The summed E-state index contributed by atoms with van der Waals surface area (Å²) in [6.07, 6.45) is 4.43. The van der Waals surface area contributed by atoms with E-state index in [0.717, 1.165) is 0 Å². The van der Waals surface area contributed by atoms with Crippen molar-refractivity contribution in [3.05, 3.63) is 66.1 Å². The van der Waals surface area contributed by atoms with Gasteiger partial charge >= 0.3 is 0 Å². The van der Waals surface area contributed by atoms with Crippen LogP contribution in [0.25, 0.3) is 16.7 Å². The summed E-state index contributed by atoms with van der Waals surface area (Å²) in [5.74, 6) is 0. The smallest absolute Gasteiger partial charge is 0.0725 e. The summed E-state index contributed by atoms with van der Waals surface area (Å²) in [4.78, 5) is 0. The van der Waals surface area contributed by atoms with Gasteiger partial charge in [0.15, 0.2) is 0 Å². The molecule has 1 aliphatic rings. The molecule has 1 heteroatoms. The van der Waals surface area contributed by atoms with E-state index in [1.165, 1.54) is 33.0 Å². The molecule has 0 heterocycles. The molecule has 0 bridgehead atoms. The zero-order valence-corrected chi connectivity index (χ0v) is 13.7. The Morgan fingerprint density at radius 3 is 2.20 bits per heavy atom. The lowest BCUT2D eigenvalue weighted by Crippen LogP contribution is -2.37. The number of allylic oxidation sites excluding steroid dienone is 2. The predicted octanol–water partition coefficient (Wildman–Crippen LogP) is 4.87. The Kier molecular flexibility index (Phi) is 3.18. The summed E-state index contributed by atoms with van der Waals surface area (Å²) in [5, 5.41) is 1.52. The van der Waals surface area contributed by atoms with Crippen molar-refractivity contribution in [1.29, 1.82) is 0 Å². The van der Waals surface area contributed by atoms with E-state index in [4.69, 9.17) is 0 Å². The Labute approximate surface area is 123 Å². The normalized spacial score (nSPS) is 14.1. The van der Waals surface area contributed by atoms with E-state index in [0.29, 0.717) is 0 Å². The van der Waals surface area contributed by atoms with E-state index in [-0.39, 0.29) is 0 Å². The summed E-state index contributed by atoms with van der Waals surface area (Å²) < 4.78 is 0. The highest BCUT2D eigenvalue weighted by Crippen LogP contribution is 2.36. The Hall–Kier alpha value is -1.60. The molecule has 101 valence electrons. The minimum absolute atomic E-state index is 1.21. The summed E-state index contributed by atoms with van der Waals surface area (Å²) >= 11 is 0. The van der Waals surface area contributed by atoms with E-state index < -0.39 is 8.07 Å². The monoisotopic (exact) mass is 277 g/mol. The van der Waals surface area contributed by atoms with Crippen LogP contribution in [-0.2, 0) is 0 Å². The molecule has 1 aliphatic carbocycles. The highest BCUT2D eigenvalue weighted by molar-refractivity contribution is 6.88. The molecule has 2 aromatic rings. The Bertz CT molecular complexity index is 670. The van der Waals surface area contributed by atoms with Crippen molar-refractivity contribution in [2.75, 3.05) is 0 Å². The molecule has 3 rings (SSSR count). The van der Waals surface area contributed by atoms with Gasteiger partial charge in [-0.15, -0.1) is 0 Å². The van der Waals surface area contributed by atoms with Crippen molar-refractivity contribution in [3.63, 3.8) is 0 Å². The van der Waals surface area contributed by atoms with Gasteiger partial charge in [0.25, 0.3) is 0 Å². The van der Waals surface area contributed by atoms with Crippen LogP contribution in [-0.4, -0.2) is 8.07 Å². The van der Waals surface area contributed by atoms with Gasteiger partial charge in [-0.05, 0) is 34.8 Å². The Morgan fingerprint density at radius 2 is 1.55 bits per heavy atom. The molecule has 0 N–H and O–H groups in total. The molecule has 0 unspecified atom stereocenters. The molecule has 0 amide bonds. The Balaban J connectivity index is 2.07. The third kappa shape index (κ3) is 2.27. The van der Waals surface area contributed by atoms with Crippen LogP contribution in [0.1, 0.15) is 18.1 Å². The van der Waals surface area contributed by atoms with Crippen LogP contribution in [0, 0.1) is 6.42 Å². The maximum absolute atomic E-state index is 2.39. The van der Waals surface area contributed by atoms with Crippen LogP contribution in [0.2, 0.25) is 19.6 Å². The summed E-state index contributed by atoms with van der Waals surface area (Å²) in [7, 11) is -1.21. The molecule has 0 saturated heterocycles. The molecule has 0 spiro atoms. The molecular formula is C19H21Si. The van der Waals surface area contributed by atoms with Crippen molar-refractivity contribution in [2.24, 2.45) is 0 Å². The molecule has 0 aliphatic heterocycles. The van der Waals surface area contributed by atoms with Gasteiger partial charge in [0, 0.05) is 6.42 Å². The van der Waals surface area contributed by atoms with Crippen molar-refractivity contribution in [1.82, 2.24) is 0 Å². The van der Waals surface area contributed by atoms with E-state index in [1.54, 1.807) is 0 Å². The zero-order chi connectivity index (χ0) is 14.3. The molecule has 20 heavy (non-hydrogen) atoms. The van der Waals surface area contributed by atoms with Gasteiger partial charge in [-0.2, -0.15) is 0 Å². The summed E-state index contributed by atoms with van der Waals surface area (Å²) in [6.45, 7) is 9.38. The summed E-state index contributed by atoms with van der Waals surface area (Å²) in [5.41, 5.74) is 6.78. The molecule has 0 nitrogen and oxygen atoms in total.